The first kappa shape index (κ1) is 15.6. The van der Waals surface area contributed by atoms with Crippen molar-refractivity contribution in [3.8, 4) is 5.75 Å². The molecule has 0 aliphatic carbocycles. The van der Waals surface area contributed by atoms with Crippen molar-refractivity contribution in [2.75, 3.05) is 24.7 Å². The molecule has 0 aromatic heterocycles. The van der Waals surface area contributed by atoms with Crippen molar-refractivity contribution in [2.24, 2.45) is 0 Å². The van der Waals surface area contributed by atoms with Gasteiger partial charge in [-0.1, -0.05) is 0 Å². The van der Waals surface area contributed by atoms with E-state index in [0.717, 1.165) is 12.1 Å². The van der Waals surface area contributed by atoms with Gasteiger partial charge in [-0.15, -0.1) is 13.2 Å². The standard InChI is InChI=1S/C10H13F3N2O3S/c1-14-19(16,17)7-6-15-8-2-4-9(5-3-8)18-10(11,12)13/h2-5,14-15H,6-7H2,1H3. The minimum absolute atomic E-state index is 0.135. The van der Waals surface area contributed by atoms with Gasteiger partial charge in [-0.05, 0) is 31.3 Å². The molecular weight excluding hydrogens is 285 g/mol. The fourth-order valence-corrected chi connectivity index (χ4v) is 1.78. The highest BCUT2D eigenvalue weighted by molar-refractivity contribution is 7.89. The summed E-state index contributed by atoms with van der Waals surface area (Å²) >= 11 is 0. The first-order chi connectivity index (χ1) is 8.72. The van der Waals surface area contributed by atoms with Crippen molar-refractivity contribution in [2.45, 2.75) is 6.36 Å². The molecule has 0 saturated carbocycles. The zero-order valence-corrected chi connectivity index (χ0v) is 10.8. The zero-order chi connectivity index (χ0) is 14.5. The van der Waals surface area contributed by atoms with Gasteiger partial charge in [0.05, 0.1) is 5.75 Å². The van der Waals surface area contributed by atoms with Crippen LogP contribution >= 0.6 is 0 Å². The predicted molar refractivity (Wildman–Crippen MR) is 64.5 cm³/mol. The van der Waals surface area contributed by atoms with Gasteiger partial charge in [0.1, 0.15) is 5.75 Å². The fourth-order valence-electron chi connectivity index (χ4n) is 1.21. The van der Waals surface area contributed by atoms with Crippen LogP contribution in [0.5, 0.6) is 5.75 Å². The first-order valence-electron chi connectivity index (χ1n) is 5.23. The third-order valence-electron chi connectivity index (χ3n) is 2.10. The van der Waals surface area contributed by atoms with Crippen LogP contribution in [-0.4, -0.2) is 34.1 Å². The maximum Gasteiger partial charge on any atom is 0.573 e. The molecule has 0 radical (unpaired) electrons. The van der Waals surface area contributed by atoms with E-state index in [1.165, 1.54) is 19.2 Å². The Balaban J connectivity index is 2.49. The summed E-state index contributed by atoms with van der Waals surface area (Å²) in [6.07, 6.45) is -4.73. The Kier molecular flexibility index (Phi) is 5.01. The molecule has 0 heterocycles. The van der Waals surface area contributed by atoms with E-state index >= 15 is 0 Å². The minimum atomic E-state index is -4.73. The number of ether oxygens (including phenoxy) is 1. The van der Waals surface area contributed by atoms with Crippen molar-refractivity contribution < 1.29 is 26.3 Å². The Morgan fingerprint density at radius 3 is 2.26 bits per heavy atom. The highest BCUT2D eigenvalue weighted by Crippen LogP contribution is 2.23. The molecule has 1 aromatic carbocycles. The Hall–Kier alpha value is -1.48. The largest absolute Gasteiger partial charge is 0.573 e. The maximum atomic E-state index is 11.9. The van der Waals surface area contributed by atoms with Gasteiger partial charge in [0, 0.05) is 12.2 Å². The molecule has 0 amide bonds. The summed E-state index contributed by atoms with van der Waals surface area (Å²) in [4.78, 5) is 0. The van der Waals surface area contributed by atoms with Gasteiger partial charge >= 0.3 is 6.36 Å². The summed E-state index contributed by atoms with van der Waals surface area (Å²) in [7, 11) is -2.00. The molecule has 0 fully saturated rings. The maximum absolute atomic E-state index is 11.9. The molecular formula is C10H13F3N2O3S. The van der Waals surface area contributed by atoms with Gasteiger partial charge < -0.3 is 10.1 Å². The Morgan fingerprint density at radius 1 is 1.21 bits per heavy atom. The number of nitrogens with one attached hydrogen (secondary N) is 2. The smallest absolute Gasteiger partial charge is 0.406 e. The molecule has 19 heavy (non-hydrogen) atoms. The number of hydrogen-bond donors (Lipinski definition) is 2. The molecule has 1 aromatic rings. The van der Waals surface area contributed by atoms with E-state index in [1.807, 2.05) is 0 Å². The number of anilines is 1. The van der Waals surface area contributed by atoms with E-state index < -0.39 is 16.4 Å². The fraction of sp³-hybridized carbons (Fsp3) is 0.400. The third-order valence-corrected chi connectivity index (χ3v) is 3.46. The van der Waals surface area contributed by atoms with E-state index in [2.05, 4.69) is 14.8 Å². The van der Waals surface area contributed by atoms with E-state index in [4.69, 9.17) is 0 Å². The summed E-state index contributed by atoms with van der Waals surface area (Å²) in [5.74, 6) is -0.467. The van der Waals surface area contributed by atoms with E-state index in [9.17, 15) is 21.6 Å². The number of sulfonamides is 1. The first-order valence-corrected chi connectivity index (χ1v) is 6.88. The lowest BCUT2D eigenvalue weighted by Gasteiger charge is -2.10. The second-order valence-corrected chi connectivity index (χ2v) is 5.57. The molecule has 0 unspecified atom stereocenters. The van der Waals surface area contributed by atoms with Crippen molar-refractivity contribution in [1.29, 1.82) is 0 Å². The molecule has 0 atom stereocenters. The van der Waals surface area contributed by atoms with E-state index in [0.29, 0.717) is 5.69 Å². The molecule has 108 valence electrons. The molecule has 0 bridgehead atoms. The van der Waals surface area contributed by atoms with Gasteiger partial charge in [0.25, 0.3) is 0 Å². The predicted octanol–water partition coefficient (Wildman–Crippen LogP) is 1.55. The average molecular weight is 298 g/mol. The number of halogens is 3. The van der Waals surface area contributed by atoms with Crippen LogP contribution < -0.4 is 14.8 Å². The molecule has 0 aliphatic heterocycles. The molecule has 0 saturated heterocycles. The van der Waals surface area contributed by atoms with Gasteiger partial charge in [-0.2, -0.15) is 0 Å². The SMILES string of the molecule is CNS(=O)(=O)CCNc1ccc(OC(F)(F)F)cc1. The molecule has 2 N–H and O–H groups in total. The normalized spacial score (nSPS) is 12.2. The minimum Gasteiger partial charge on any atom is -0.406 e. The second-order valence-electron chi connectivity index (χ2n) is 3.52. The monoisotopic (exact) mass is 298 g/mol. The van der Waals surface area contributed by atoms with Crippen LogP contribution in [0.15, 0.2) is 24.3 Å². The Bertz CT molecular complexity index is 500. The lowest BCUT2D eigenvalue weighted by atomic mass is 10.3. The third kappa shape index (κ3) is 6.30. The number of rotatable bonds is 6. The van der Waals surface area contributed by atoms with Crippen LogP contribution in [0.2, 0.25) is 0 Å². The topological polar surface area (TPSA) is 67.4 Å². The van der Waals surface area contributed by atoms with Crippen LogP contribution in [0.25, 0.3) is 0 Å². The molecule has 0 spiro atoms. The Morgan fingerprint density at radius 2 is 1.79 bits per heavy atom. The molecule has 5 nitrogen and oxygen atoms in total. The van der Waals surface area contributed by atoms with Gasteiger partial charge in [0.15, 0.2) is 0 Å². The number of alkyl halides is 3. The zero-order valence-electron chi connectivity index (χ0n) is 9.99. The van der Waals surface area contributed by atoms with Crippen molar-refractivity contribution in [3.05, 3.63) is 24.3 Å². The van der Waals surface area contributed by atoms with Crippen LogP contribution in [0.1, 0.15) is 0 Å². The molecule has 1 rings (SSSR count). The Labute approximate surface area is 108 Å². The average Bonchev–Trinajstić information content (AvgIpc) is 2.29. The number of hydrogen-bond acceptors (Lipinski definition) is 4. The summed E-state index contributed by atoms with van der Waals surface area (Å²) in [5.41, 5.74) is 0.501. The summed E-state index contributed by atoms with van der Waals surface area (Å²) in [6, 6.07) is 5.02. The van der Waals surface area contributed by atoms with Crippen LogP contribution in [0.3, 0.4) is 0 Å². The second kappa shape index (κ2) is 6.11. The van der Waals surface area contributed by atoms with Crippen molar-refractivity contribution in [1.82, 2.24) is 4.72 Å². The number of benzene rings is 1. The lowest BCUT2D eigenvalue weighted by Crippen LogP contribution is -2.26. The summed E-state index contributed by atoms with van der Waals surface area (Å²) < 4.78 is 63.8. The van der Waals surface area contributed by atoms with Crippen molar-refractivity contribution >= 4 is 15.7 Å². The lowest BCUT2D eigenvalue weighted by molar-refractivity contribution is -0.274. The van der Waals surface area contributed by atoms with Gasteiger partial charge in [-0.25, -0.2) is 13.1 Å². The van der Waals surface area contributed by atoms with Crippen LogP contribution in [-0.2, 0) is 10.0 Å². The van der Waals surface area contributed by atoms with E-state index in [-0.39, 0.29) is 18.0 Å². The van der Waals surface area contributed by atoms with Crippen LogP contribution in [0, 0.1) is 0 Å². The van der Waals surface area contributed by atoms with Crippen LogP contribution in [0.4, 0.5) is 18.9 Å². The highest BCUT2D eigenvalue weighted by atomic mass is 32.2. The van der Waals surface area contributed by atoms with E-state index in [1.54, 1.807) is 0 Å². The quantitative estimate of drug-likeness (QED) is 0.836. The summed E-state index contributed by atoms with van der Waals surface area (Å²) in [6.45, 7) is 0.142. The molecule has 0 aliphatic rings. The van der Waals surface area contributed by atoms with Gasteiger partial charge in [-0.3, -0.25) is 0 Å². The van der Waals surface area contributed by atoms with Crippen molar-refractivity contribution in [3.63, 3.8) is 0 Å². The summed E-state index contributed by atoms with van der Waals surface area (Å²) in [5, 5.41) is 2.77. The molecule has 9 heteroatoms. The van der Waals surface area contributed by atoms with Gasteiger partial charge in [0.2, 0.25) is 10.0 Å². The highest BCUT2D eigenvalue weighted by Gasteiger charge is 2.30.